The number of ether oxygens (including phenoxy) is 2. The molecule has 0 aromatic heterocycles. The lowest BCUT2D eigenvalue weighted by molar-refractivity contribution is 0.0972. The first kappa shape index (κ1) is 12.9. The average Bonchev–Trinajstić information content (AvgIpc) is 2.99. The van der Waals surface area contributed by atoms with Crippen LogP contribution in [0.4, 0.5) is 0 Å². The van der Waals surface area contributed by atoms with E-state index in [0.717, 1.165) is 18.7 Å². The van der Waals surface area contributed by atoms with E-state index in [0.29, 0.717) is 18.2 Å². The van der Waals surface area contributed by atoms with Gasteiger partial charge in [-0.1, -0.05) is 18.2 Å². The molecule has 1 N–H and O–H groups in total. The van der Waals surface area contributed by atoms with Gasteiger partial charge < -0.3 is 14.8 Å². The van der Waals surface area contributed by atoms with E-state index >= 15 is 0 Å². The molecule has 104 valence electrons. The van der Waals surface area contributed by atoms with E-state index in [9.17, 15) is 0 Å². The van der Waals surface area contributed by atoms with Crippen molar-refractivity contribution >= 4 is 0 Å². The third-order valence-corrected chi connectivity index (χ3v) is 4.00. The zero-order valence-electron chi connectivity index (χ0n) is 11.8. The molecule has 2 aliphatic heterocycles. The predicted octanol–water partition coefficient (Wildman–Crippen LogP) is 2.88. The van der Waals surface area contributed by atoms with E-state index in [-0.39, 0.29) is 6.10 Å². The van der Waals surface area contributed by atoms with E-state index < -0.39 is 0 Å². The SMILES string of the molecule is CC(C)Oc1ccccc1CNC1CC2CCC1O2. The lowest BCUT2D eigenvalue weighted by atomic mass is 9.95. The number of hydrogen-bond acceptors (Lipinski definition) is 3. The van der Waals surface area contributed by atoms with E-state index in [1.165, 1.54) is 18.4 Å². The molecule has 0 aliphatic carbocycles. The normalized spacial score (nSPS) is 29.1. The molecule has 1 aromatic rings. The number of rotatable bonds is 5. The Kier molecular flexibility index (Phi) is 3.76. The third-order valence-electron chi connectivity index (χ3n) is 4.00. The lowest BCUT2D eigenvalue weighted by Crippen LogP contribution is -2.37. The molecule has 2 fully saturated rings. The summed E-state index contributed by atoms with van der Waals surface area (Å²) in [5.74, 6) is 0.995. The molecule has 3 rings (SSSR count). The third kappa shape index (κ3) is 2.93. The molecule has 0 saturated carbocycles. The van der Waals surface area contributed by atoms with Gasteiger partial charge in [0.25, 0.3) is 0 Å². The first-order valence-electron chi connectivity index (χ1n) is 7.36. The summed E-state index contributed by atoms with van der Waals surface area (Å²) in [6, 6.07) is 8.81. The molecule has 0 spiro atoms. The Labute approximate surface area is 115 Å². The summed E-state index contributed by atoms with van der Waals surface area (Å²) in [6.07, 6.45) is 4.78. The van der Waals surface area contributed by atoms with Crippen molar-refractivity contribution in [3.8, 4) is 5.75 Å². The topological polar surface area (TPSA) is 30.5 Å². The Balaban J connectivity index is 1.60. The second kappa shape index (κ2) is 5.51. The van der Waals surface area contributed by atoms with E-state index in [1.807, 2.05) is 12.1 Å². The average molecular weight is 261 g/mol. The number of benzene rings is 1. The summed E-state index contributed by atoms with van der Waals surface area (Å²) in [5.41, 5.74) is 1.24. The van der Waals surface area contributed by atoms with Crippen LogP contribution in [-0.2, 0) is 11.3 Å². The molecule has 2 aliphatic rings. The van der Waals surface area contributed by atoms with Crippen molar-refractivity contribution in [3.63, 3.8) is 0 Å². The fourth-order valence-electron chi connectivity index (χ4n) is 3.11. The monoisotopic (exact) mass is 261 g/mol. The van der Waals surface area contributed by atoms with Crippen LogP contribution in [0.25, 0.3) is 0 Å². The van der Waals surface area contributed by atoms with Crippen LogP contribution in [-0.4, -0.2) is 24.4 Å². The molecule has 2 bridgehead atoms. The number of fused-ring (bicyclic) bond motifs is 2. The molecule has 1 aromatic carbocycles. The van der Waals surface area contributed by atoms with Crippen LogP contribution in [0.15, 0.2) is 24.3 Å². The van der Waals surface area contributed by atoms with Crippen molar-refractivity contribution < 1.29 is 9.47 Å². The van der Waals surface area contributed by atoms with Gasteiger partial charge in [-0.2, -0.15) is 0 Å². The highest BCUT2D eigenvalue weighted by molar-refractivity contribution is 5.33. The molecule has 2 saturated heterocycles. The molecule has 19 heavy (non-hydrogen) atoms. The van der Waals surface area contributed by atoms with E-state index in [4.69, 9.17) is 9.47 Å². The van der Waals surface area contributed by atoms with Crippen LogP contribution < -0.4 is 10.1 Å². The molecule has 3 atom stereocenters. The predicted molar refractivity (Wildman–Crippen MR) is 75.3 cm³/mol. The zero-order valence-corrected chi connectivity index (χ0v) is 11.8. The minimum Gasteiger partial charge on any atom is -0.491 e. The summed E-state index contributed by atoms with van der Waals surface area (Å²) < 4.78 is 11.7. The largest absolute Gasteiger partial charge is 0.491 e. The standard InChI is InChI=1S/C16H23NO2/c1-11(2)18-15-6-4-3-5-12(15)10-17-14-9-13-7-8-16(14)19-13/h3-6,11,13-14,16-17H,7-10H2,1-2H3. The molecule has 3 nitrogen and oxygen atoms in total. The molecule has 2 heterocycles. The number of nitrogens with one attached hydrogen (secondary N) is 1. The van der Waals surface area contributed by atoms with Crippen molar-refractivity contribution in [3.05, 3.63) is 29.8 Å². The minimum atomic E-state index is 0.215. The molecule has 3 unspecified atom stereocenters. The van der Waals surface area contributed by atoms with Crippen LogP contribution in [0.3, 0.4) is 0 Å². The Hall–Kier alpha value is -1.06. The molecule has 0 radical (unpaired) electrons. The van der Waals surface area contributed by atoms with Gasteiger partial charge >= 0.3 is 0 Å². The molecule has 3 heteroatoms. The van der Waals surface area contributed by atoms with Crippen molar-refractivity contribution in [2.45, 2.75) is 64.0 Å². The van der Waals surface area contributed by atoms with Gasteiger partial charge in [-0.05, 0) is 39.2 Å². The maximum atomic E-state index is 5.87. The van der Waals surface area contributed by atoms with Crippen molar-refractivity contribution in [1.82, 2.24) is 5.32 Å². The fourth-order valence-corrected chi connectivity index (χ4v) is 3.11. The number of hydrogen-bond donors (Lipinski definition) is 1. The van der Waals surface area contributed by atoms with E-state index in [1.54, 1.807) is 0 Å². The summed E-state index contributed by atoms with van der Waals surface area (Å²) in [6.45, 7) is 4.99. The quantitative estimate of drug-likeness (QED) is 0.884. The van der Waals surface area contributed by atoms with Gasteiger partial charge in [-0.3, -0.25) is 0 Å². The van der Waals surface area contributed by atoms with Crippen molar-refractivity contribution in [2.24, 2.45) is 0 Å². The van der Waals surface area contributed by atoms with Gasteiger partial charge in [0, 0.05) is 18.2 Å². The number of para-hydroxylation sites is 1. The second-order valence-corrected chi connectivity index (χ2v) is 5.87. The van der Waals surface area contributed by atoms with Crippen molar-refractivity contribution in [1.29, 1.82) is 0 Å². The summed E-state index contributed by atoms with van der Waals surface area (Å²) >= 11 is 0. The maximum Gasteiger partial charge on any atom is 0.124 e. The Morgan fingerprint density at radius 3 is 2.84 bits per heavy atom. The van der Waals surface area contributed by atoms with Crippen LogP contribution in [0.5, 0.6) is 5.75 Å². The molecule has 0 amide bonds. The van der Waals surface area contributed by atoms with E-state index in [2.05, 4.69) is 31.3 Å². The highest BCUT2D eigenvalue weighted by atomic mass is 16.5. The summed E-state index contributed by atoms with van der Waals surface area (Å²) in [7, 11) is 0. The summed E-state index contributed by atoms with van der Waals surface area (Å²) in [5, 5.41) is 3.64. The second-order valence-electron chi connectivity index (χ2n) is 5.87. The molecular weight excluding hydrogens is 238 g/mol. The first-order valence-corrected chi connectivity index (χ1v) is 7.36. The van der Waals surface area contributed by atoms with Crippen LogP contribution >= 0.6 is 0 Å². The minimum absolute atomic E-state index is 0.215. The van der Waals surface area contributed by atoms with Gasteiger partial charge in [-0.25, -0.2) is 0 Å². The van der Waals surface area contributed by atoms with Gasteiger partial charge in [0.2, 0.25) is 0 Å². The van der Waals surface area contributed by atoms with Crippen molar-refractivity contribution in [2.75, 3.05) is 0 Å². The smallest absolute Gasteiger partial charge is 0.124 e. The van der Waals surface area contributed by atoms with Gasteiger partial charge in [0.05, 0.1) is 18.3 Å². The summed E-state index contributed by atoms with van der Waals surface area (Å²) in [4.78, 5) is 0. The lowest BCUT2D eigenvalue weighted by Gasteiger charge is -2.21. The van der Waals surface area contributed by atoms with Crippen LogP contribution in [0.1, 0.15) is 38.7 Å². The fraction of sp³-hybridized carbons (Fsp3) is 0.625. The van der Waals surface area contributed by atoms with Gasteiger partial charge in [-0.15, -0.1) is 0 Å². The highest BCUT2D eigenvalue weighted by Crippen LogP contribution is 2.34. The first-order chi connectivity index (χ1) is 9.22. The maximum absolute atomic E-state index is 5.87. The Morgan fingerprint density at radius 2 is 2.16 bits per heavy atom. The zero-order chi connectivity index (χ0) is 13.2. The highest BCUT2D eigenvalue weighted by Gasteiger charge is 2.40. The molecular formula is C16H23NO2. The Bertz CT molecular complexity index is 433. The van der Waals surface area contributed by atoms with Crippen LogP contribution in [0.2, 0.25) is 0 Å². The van der Waals surface area contributed by atoms with Gasteiger partial charge in [0.1, 0.15) is 5.75 Å². The van der Waals surface area contributed by atoms with Crippen LogP contribution in [0, 0.1) is 0 Å². The Morgan fingerprint density at radius 1 is 1.32 bits per heavy atom. The van der Waals surface area contributed by atoms with Gasteiger partial charge in [0.15, 0.2) is 0 Å².